The highest BCUT2D eigenvalue weighted by Crippen LogP contribution is 2.36. The van der Waals surface area contributed by atoms with Crippen LogP contribution in [0.5, 0.6) is 5.75 Å². The fourth-order valence-electron chi connectivity index (χ4n) is 5.11. The number of carbonyl (C=O) groups is 2. The van der Waals surface area contributed by atoms with Crippen molar-refractivity contribution in [1.29, 1.82) is 0 Å². The van der Waals surface area contributed by atoms with E-state index >= 15 is 0 Å². The van der Waals surface area contributed by atoms with E-state index in [9.17, 15) is 9.59 Å². The van der Waals surface area contributed by atoms with Gasteiger partial charge in [0.25, 0.3) is 0 Å². The van der Waals surface area contributed by atoms with E-state index in [-0.39, 0.29) is 24.2 Å². The first-order chi connectivity index (χ1) is 17.1. The Hall–Kier alpha value is -3.52. The number of anilines is 1. The molecule has 0 unspecified atom stereocenters. The molecule has 0 spiro atoms. The number of nitrogens with one attached hydrogen (secondary N) is 1. The summed E-state index contributed by atoms with van der Waals surface area (Å²) in [6.45, 7) is 1.95. The van der Waals surface area contributed by atoms with Gasteiger partial charge in [-0.25, -0.2) is 4.98 Å². The minimum absolute atomic E-state index is 0.000907. The van der Waals surface area contributed by atoms with Gasteiger partial charge in [-0.3, -0.25) is 19.5 Å². The molecule has 0 radical (unpaired) electrons. The number of aromatic amines is 1. The van der Waals surface area contributed by atoms with Crippen LogP contribution in [-0.4, -0.2) is 39.8 Å². The molecule has 35 heavy (non-hydrogen) atoms. The molecule has 5 rings (SSSR count). The molecule has 0 bridgehead atoms. The van der Waals surface area contributed by atoms with E-state index in [0.717, 1.165) is 53.0 Å². The lowest BCUT2D eigenvalue weighted by Gasteiger charge is -2.32. The summed E-state index contributed by atoms with van der Waals surface area (Å²) >= 11 is 1.49. The molecule has 8 heteroatoms. The van der Waals surface area contributed by atoms with E-state index in [1.807, 2.05) is 23.3 Å². The summed E-state index contributed by atoms with van der Waals surface area (Å²) in [4.78, 5) is 41.3. The SMILES string of the molecule is COc1ccc2[nH]c(C)c(CC(=O)N(c3nccs3)C3CCCCC3)c2c1C(=O)c1ccncc1. The van der Waals surface area contributed by atoms with Crippen LogP contribution in [0.2, 0.25) is 0 Å². The summed E-state index contributed by atoms with van der Waals surface area (Å²) in [6.07, 6.45) is 10.5. The summed E-state index contributed by atoms with van der Waals surface area (Å²) in [7, 11) is 1.56. The second kappa shape index (κ2) is 10.00. The maximum atomic E-state index is 13.9. The molecule has 0 atom stereocenters. The highest BCUT2D eigenvalue weighted by Gasteiger charge is 2.31. The van der Waals surface area contributed by atoms with Crippen molar-refractivity contribution < 1.29 is 14.3 Å². The van der Waals surface area contributed by atoms with Crippen LogP contribution in [-0.2, 0) is 11.2 Å². The van der Waals surface area contributed by atoms with Crippen LogP contribution >= 0.6 is 11.3 Å². The van der Waals surface area contributed by atoms with Crippen molar-refractivity contribution in [2.45, 2.75) is 51.5 Å². The molecule has 0 aliphatic heterocycles. The van der Waals surface area contributed by atoms with Crippen molar-refractivity contribution in [1.82, 2.24) is 15.0 Å². The van der Waals surface area contributed by atoms with Gasteiger partial charge < -0.3 is 9.72 Å². The normalized spacial score (nSPS) is 14.2. The van der Waals surface area contributed by atoms with Gasteiger partial charge in [0.2, 0.25) is 5.91 Å². The number of pyridine rings is 1. The van der Waals surface area contributed by atoms with Crippen molar-refractivity contribution in [3.63, 3.8) is 0 Å². The van der Waals surface area contributed by atoms with Gasteiger partial charge in [-0.15, -0.1) is 11.3 Å². The molecule has 180 valence electrons. The first kappa shape index (κ1) is 23.2. The molecule has 0 saturated heterocycles. The number of thiazole rings is 1. The van der Waals surface area contributed by atoms with Gasteiger partial charge in [0, 0.05) is 52.2 Å². The highest BCUT2D eigenvalue weighted by molar-refractivity contribution is 7.13. The maximum absolute atomic E-state index is 13.9. The van der Waals surface area contributed by atoms with Gasteiger partial charge in [-0.05, 0) is 49.6 Å². The minimum atomic E-state index is -0.161. The number of methoxy groups -OCH3 is 1. The van der Waals surface area contributed by atoms with Crippen LogP contribution in [0.15, 0.2) is 48.2 Å². The Balaban J connectivity index is 1.59. The zero-order valence-electron chi connectivity index (χ0n) is 19.9. The van der Waals surface area contributed by atoms with Gasteiger partial charge in [0.05, 0.1) is 19.1 Å². The van der Waals surface area contributed by atoms with Gasteiger partial charge in [0.15, 0.2) is 10.9 Å². The summed E-state index contributed by atoms with van der Waals surface area (Å²) < 4.78 is 5.61. The van der Waals surface area contributed by atoms with Gasteiger partial charge >= 0.3 is 0 Å². The Morgan fingerprint density at radius 1 is 1.11 bits per heavy atom. The topological polar surface area (TPSA) is 88.2 Å². The van der Waals surface area contributed by atoms with E-state index in [0.29, 0.717) is 16.9 Å². The van der Waals surface area contributed by atoms with Crippen LogP contribution in [0.25, 0.3) is 10.9 Å². The van der Waals surface area contributed by atoms with E-state index in [4.69, 9.17) is 4.74 Å². The number of hydrogen-bond donors (Lipinski definition) is 1. The van der Waals surface area contributed by atoms with Crippen molar-refractivity contribution in [3.05, 3.63) is 70.6 Å². The van der Waals surface area contributed by atoms with E-state index < -0.39 is 0 Å². The first-order valence-electron chi connectivity index (χ1n) is 11.9. The standard InChI is InChI=1S/C27H28N4O3S/c1-17-20(16-23(32)31(27-29-14-15-35-27)19-6-4-3-5-7-19)24-21(30-17)8-9-22(34-2)25(24)26(33)18-10-12-28-13-11-18/h8-15,19,30H,3-7,16H2,1-2H3. The van der Waals surface area contributed by atoms with E-state index in [1.165, 1.54) is 17.8 Å². The molecule has 1 aromatic carbocycles. The maximum Gasteiger partial charge on any atom is 0.233 e. The fraction of sp³-hybridized carbons (Fsp3) is 0.333. The average Bonchev–Trinajstić information content (AvgIpc) is 3.52. The van der Waals surface area contributed by atoms with Crippen LogP contribution in [0.3, 0.4) is 0 Å². The van der Waals surface area contributed by atoms with Crippen LogP contribution in [0, 0.1) is 6.92 Å². The Bertz CT molecular complexity index is 1340. The van der Waals surface area contributed by atoms with Crippen LogP contribution < -0.4 is 9.64 Å². The molecule has 3 aromatic heterocycles. The van der Waals surface area contributed by atoms with E-state index in [2.05, 4.69) is 15.0 Å². The highest BCUT2D eigenvalue weighted by atomic mass is 32.1. The first-order valence-corrected chi connectivity index (χ1v) is 12.8. The number of carbonyl (C=O) groups excluding carboxylic acids is 2. The molecule has 1 amide bonds. The smallest absolute Gasteiger partial charge is 0.233 e. The number of fused-ring (bicyclic) bond motifs is 1. The second-order valence-electron chi connectivity index (χ2n) is 8.91. The number of aryl methyl sites for hydroxylation is 1. The lowest BCUT2D eigenvalue weighted by molar-refractivity contribution is -0.118. The zero-order chi connectivity index (χ0) is 24.4. The van der Waals surface area contributed by atoms with Gasteiger partial charge in [0.1, 0.15) is 5.75 Å². The van der Waals surface area contributed by atoms with E-state index in [1.54, 1.807) is 43.9 Å². The van der Waals surface area contributed by atoms with Crippen LogP contribution in [0.1, 0.15) is 59.3 Å². The fourth-order valence-corrected chi connectivity index (χ4v) is 5.84. The van der Waals surface area contributed by atoms with Crippen molar-refractivity contribution in [2.75, 3.05) is 12.0 Å². The third kappa shape index (κ3) is 4.46. The quantitative estimate of drug-likeness (QED) is 0.348. The number of nitrogens with zero attached hydrogens (tertiary/aromatic N) is 3. The molecule has 1 aliphatic rings. The molecule has 1 saturated carbocycles. The summed E-state index contributed by atoms with van der Waals surface area (Å²) in [5, 5.41) is 3.39. The van der Waals surface area contributed by atoms with Crippen molar-refractivity contribution in [3.8, 4) is 5.75 Å². The number of rotatable bonds is 7. The molecule has 1 fully saturated rings. The number of amides is 1. The lowest BCUT2D eigenvalue weighted by Crippen LogP contribution is -2.42. The molecule has 1 N–H and O–H groups in total. The molecular formula is C27H28N4O3S. The third-order valence-electron chi connectivity index (χ3n) is 6.80. The molecule has 7 nitrogen and oxygen atoms in total. The second-order valence-corrected chi connectivity index (χ2v) is 9.78. The third-order valence-corrected chi connectivity index (χ3v) is 7.57. The number of hydrogen-bond acceptors (Lipinski definition) is 6. The number of ketones is 1. The number of H-pyrrole nitrogens is 1. The minimum Gasteiger partial charge on any atom is -0.496 e. The van der Waals surface area contributed by atoms with Crippen molar-refractivity contribution >= 4 is 39.1 Å². The predicted molar refractivity (Wildman–Crippen MR) is 137 cm³/mol. The number of aromatic nitrogens is 3. The Morgan fingerprint density at radius 3 is 2.57 bits per heavy atom. The molecule has 1 aliphatic carbocycles. The summed E-state index contributed by atoms with van der Waals surface area (Å²) in [5.74, 6) is 0.323. The molecule has 3 heterocycles. The predicted octanol–water partition coefficient (Wildman–Crippen LogP) is 5.48. The molecular weight excluding hydrogens is 460 g/mol. The van der Waals surface area contributed by atoms with Crippen LogP contribution in [0.4, 0.5) is 5.13 Å². The monoisotopic (exact) mass is 488 g/mol. The molecule has 4 aromatic rings. The Morgan fingerprint density at radius 2 is 1.89 bits per heavy atom. The van der Waals surface area contributed by atoms with Gasteiger partial charge in [-0.1, -0.05) is 19.3 Å². The number of benzene rings is 1. The zero-order valence-corrected chi connectivity index (χ0v) is 20.7. The lowest BCUT2D eigenvalue weighted by atomic mass is 9.93. The van der Waals surface area contributed by atoms with Gasteiger partial charge in [-0.2, -0.15) is 0 Å². The van der Waals surface area contributed by atoms with Crippen molar-refractivity contribution in [2.24, 2.45) is 0 Å². The largest absolute Gasteiger partial charge is 0.496 e. The summed E-state index contributed by atoms with van der Waals surface area (Å²) in [6, 6.07) is 7.23. The summed E-state index contributed by atoms with van der Waals surface area (Å²) in [5.41, 5.74) is 3.48. The Labute approximate surface area is 208 Å². The Kier molecular flexibility index (Phi) is 6.63. The number of ether oxygens (including phenoxy) is 1. The average molecular weight is 489 g/mol.